The number of benzene rings is 2. The van der Waals surface area contributed by atoms with Crippen molar-refractivity contribution in [3.63, 3.8) is 0 Å². The Kier molecular flexibility index (Phi) is 7.84. The number of carbonyl (C=O) groups excluding carboxylic acids is 2. The molecule has 2 N–H and O–H groups in total. The number of hydrogen-bond donors (Lipinski definition) is 1. The van der Waals surface area contributed by atoms with Gasteiger partial charge in [0, 0.05) is 12.2 Å². The zero-order chi connectivity index (χ0) is 18.4. The molecule has 0 radical (unpaired) electrons. The first kappa shape index (κ1) is 21.2. The summed E-state index contributed by atoms with van der Waals surface area (Å²) in [6, 6.07) is 12.4. The molecular formula is C21H28N2O3. The van der Waals surface area contributed by atoms with Crippen molar-refractivity contribution in [3.8, 4) is 5.75 Å². The van der Waals surface area contributed by atoms with E-state index in [2.05, 4.69) is 0 Å². The predicted octanol–water partition coefficient (Wildman–Crippen LogP) is 4.30. The lowest BCUT2D eigenvalue weighted by atomic mass is 10.1. The maximum absolute atomic E-state index is 12.2. The maximum atomic E-state index is 12.2. The van der Waals surface area contributed by atoms with Crippen LogP contribution in [0, 0.1) is 6.92 Å². The summed E-state index contributed by atoms with van der Waals surface area (Å²) in [7, 11) is 0. The molecule has 2 amide bonds. The summed E-state index contributed by atoms with van der Waals surface area (Å²) in [5.41, 5.74) is 8.41. The van der Waals surface area contributed by atoms with Crippen LogP contribution < -0.4 is 10.5 Å². The SMILES string of the molecule is C.CC.Cc1cc(OCCCN2C(=O)c3ccccc3C2=O)ccc1N. The highest BCUT2D eigenvalue weighted by molar-refractivity contribution is 6.21. The van der Waals surface area contributed by atoms with Gasteiger partial charge < -0.3 is 10.5 Å². The first-order valence-electron chi connectivity index (χ1n) is 8.52. The fourth-order valence-corrected chi connectivity index (χ4v) is 2.59. The van der Waals surface area contributed by atoms with E-state index < -0.39 is 0 Å². The van der Waals surface area contributed by atoms with Gasteiger partial charge in [-0.3, -0.25) is 14.5 Å². The van der Waals surface area contributed by atoms with Crippen molar-refractivity contribution in [1.29, 1.82) is 0 Å². The largest absolute Gasteiger partial charge is 0.494 e. The number of hydrogen-bond acceptors (Lipinski definition) is 4. The molecular weight excluding hydrogens is 328 g/mol. The number of nitrogen functional groups attached to an aromatic ring is 1. The van der Waals surface area contributed by atoms with Gasteiger partial charge in [0.15, 0.2) is 0 Å². The molecule has 0 unspecified atom stereocenters. The van der Waals surface area contributed by atoms with E-state index in [0.29, 0.717) is 30.7 Å². The van der Waals surface area contributed by atoms with Crippen molar-refractivity contribution in [2.45, 2.75) is 34.6 Å². The Labute approximate surface area is 155 Å². The van der Waals surface area contributed by atoms with Gasteiger partial charge in [0.05, 0.1) is 17.7 Å². The van der Waals surface area contributed by atoms with E-state index in [1.807, 2.05) is 32.9 Å². The van der Waals surface area contributed by atoms with Crippen LogP contribution in [-0.4, -0.2) is 29.9 Å². The maximum Gasteiger partial charge on any atom is 0.261 e. The molecule has 0 atom stereocenters. The Morgan fingerprint density at radius 2 is 1.58 bits per heavy atom. The molecule has 0 spiro atoms. The van der Waals surface area contributed by atoms with E-state index in [-0.39, 0.29) is 19.2 Å². The molecule has 1 aliphatic rings. The smallest absolute Gasteiger partial charge is 0.261 e. The molecule has 0 aliphatic carbocycles. The number of fused-ring (bicyclic) bond motifs is 1. The van der Waals surface area contributed by atoms with Gasteiger partial charge in [-0.15, -0.1) is 0 Å². The van der Waals surface area contributed by atoms with Gasteiger partial charge >= 0.3 is 0 Å². The molecule has 5 heteroatoms. The normalized spacial score (nSPS) is 12.0. The molecule has 0 aromatic heterocycles. The van der Waals surface area contributed by atoms with Crippen LogP contribution in [0.25, 0.3) is 0 Å². The monoisotopic (exact) mass is 356 g/mol. The number of anilines is 1. The molecule has 1 heterocycles. The van der Waals surface area contributed by atoms with Gasteiger partial charge in [0.2, 0.25) is 0 Å². The van der Waals surface area contributed by atoms with E-state index >= 15 is 0 Å². The topological polar surface area (TPSA) is 72.6 Å². The lowest BCUT2D eigenvalue weighted by molar-refractivity contribution is 0.0647. The fraction of sp³-hybridized carbons (Fsp3) is 0.333. The Hall–Kier alpha value is -2.82. The van der Waals surface area contributed by atoms with Crippen LogP contribution in [0.1, 0.15) is 54.0 Å². The Bertz CT molecular complexity index is 737. The summed E-state index contributed by atoms with van der Waals surface area (Å²) < 4.78 is 5.64. The van der Waals surface area contributed by atoms with E-state index in [0.717, 1.165) is 17.0 Å². The third-order valence-electron chi connectivity index (χ3n) is 3.91. The summed E-state index contributed by atoms with van der Waals surface area (Å²) in [5, 5.41) is 0. The first-order chi connectivity index (χ1) is 12.1. The minimum atomic E-state index is -0.228. The molecule has 0 saturated carbocycles. The van der Waals surface area contributed by atoms with Gasteiger partial charge in [0.1, 0.15) is 5.75 Å². The first-order valence-corrected chi connectivity index (χ1v) is 8.52. The highest BCUT2D eigenvalue weighted by atomic mass is 16.5. The van der Waals surface area contributed by atoms with Gasteiger partial charge in [-0.05, 0) is 49.2 Å². The van der Waals surface area contributed by atoms with Crippen LogP contribution in [0.4, 0.5) is 5.69 Å². The summed E-state index contributed by atoms with van der Waals surface area (Å²) >= 11 is 0. The van der Waals surface area contributed by atoms with Gasteiger partial charge in [-0.2, -0.15) is 0 Å². The number of imide groups is 1. The zero-order valence-corrected chi connectivity index (χ0v) is 14.9. The number of nitrogens with two attached hydrogens (primary N) is 1. The number of ether oxygens (including phenoxy) is 1. The lowest BCUT2D eigenvalue weighted by Gasteiger charge is -2.14. The van der Waals surface area contributed by atoms with Gasteiger partial charge in [0.25, 0.3) is 11.8 Å². The second-order valence-electron chi connectivity index (χ2n) is 5.53. The molecule has 3 rings (SSSR count). The quantitative estimate of drug-likeness (QED) is 0.492. The molecule has 140 valence electrons. The van der Waals surface area contributed by atoms with Crippen LogP contribution in [-0.2, 0) is 0 Å². The van der Waals surface area contributed by atoms with Crippen LogP contribution in [0.3, 0.4) is 0 Å². The predicted molar refractivity (Wildman–Crippen MR) is 106 cm³/mol. The van der Waals surface area contributed by atoms with E-state index in [1.165, 1.54) is 4.90 Å². The van der Waals surface area contributed by atoms with Crippen LogP contribution in [0.15, 0.2) is 42.5 Å². The molecule has 2 aromatic carbocycles. The van der Waals surface area contributed by atoms with Crippen LogP contribution in [0.5, 0.6) is 5.75 Å². The number of rotatable bonds is 5. The minimum Gasteiger partial charge on any atom is -0.494 e. The second kappa shape index (κ2) is 9.61. The minimum absolute atomic E-state index is 0. The van der Waals surface area contributed by atoms with Crippen LogP contribution in [0.2, 0.25) is 0 Å². The van der Waals surface area contributed by atoms with Crippen molar-refractivity contribution in [1.82, 2.24) is 4.90 Å². The second-order valence-corrected chi connectivity index (χ2v) is 5.53. The van der Waals surface area contributed by atoms with Gasteiger partial charge in [-0.1, -0.05) is 33.4 Å². The summed E-state index contributed by atoms with van der Waals surface area (Å²) in [5.74, 6) is 0.280. The molecule has 2 aromatic rings. The van der Waals surface area contributed by atoms with E-state index in [9.17, 15) is 9.59 Å². The number of amides is 2. The molecule has 0 saturated heterocycles. The lowest BCUT2D eigenvalue weighted by Crippen LogP contribution is -2.31. The van der Waals surface area contributed by atoms with Gasteiger partial charge in [-0.25, -0.2) is 0 Å². The van der Waals surface area contributed by atoms with Crippen molar-refractivity contribution < 1.29 is 14.3 Å². The third kappa shape index (κ3) is 4.42. The van der Waals surface area contributed by atoms with Crippen molar-refractivity contribution in [2.75, 3.05) is 18.9 Å². The molecule has 1 aliphatic heterocycles. The molecule has 0 bridgehead atoms. The fourth-order valence-electron chi connectivity index (χ4n) is 2.59. The van der Waals surface area contributed by atoms with Crippen molar-refractivity contribution in [3.05, 3.63) is 59.2 Å². The summed E-state index contributed by atoms with van der Waals surface area (Å²) in [6.07, 6.45) is 0.578. The third-order valence-corrected chi connectivity index (χ3v) is 3.91. The van der Waals surface area contributed by atoms with Crippen molar-refractivity contribution >= 4 is 17.5 Å². The van der Waals surface area contributed by atoms with E-state index in [1.54, 1.807) is 30.3 Å². The van der Waals surface area contributed by atoms with Crippen LogP contribution >= 0.6 is 0 Å². The number of nitrogens with zero attached hydrogens (tertiary/aromatic N) is 1. The number of aryl methyl sites for hydroxylation is 1. The number of carbonyl (C=O) groups is 2. The average molecular weight is 356 g/mol. The Morgan fingerprint density at radius 3 is 2.12 bits per heavy atom. The standard InChI is InChI=1S/C18H18N2O3.C2H6.CH4/c1-12-11-13(7-8-16(12)19)23-10-4-9-20-17(21)14-5-2-3-6-15(14)18(20)22;1-2;/h2-3,5-8,11H,4,9-10,19H2,1H3;1-2H3;1H4. The Balaban J connectivity index is 0.00000109. The average Bonchev–Trinajstić information content (AvgIpc) is 2.88. The molecule has 26 heavy (non-hydrogen) atoms. The summed E-state index contributed by atoms with van der Waals surface area (Å²) in [4.78, 5) is 25.7. The van der Waals surface area contributed by atoms with Crippen molar-refractivity contribution in [2.24, 2.45) is 0 Å². The highest BCUT2D eigenvalue weighted by Gasteiger charge is 2.34. The summed E-state index contributed by atoms with van der Waals surface area (Å²) in [6.45, 7) is 6.69. The van der Waals surface area contributed by atoms with E-state index in [4.69, 9.17) is 10.5 Å². The highest BCUT2D eigenvalue weighted by Crippen LogP contribution is 2.23. The Morgan fingerprint density at radius 1 is 1.00 bits per heavy atom. The molecule has 5 nitrogen and oxygen atoms in total. The zero-order valence-electron chi connectivity index (χ0n) is 14.9. The molecule has 0 fully saturated rings.